The van der Waals surface area contributed by atoms with Gasteiger partial charge in [0.05, 0.1) is 31.7 Å². The summed E-state index contributed by atoms with van der Waals surface area (Å²) in [6, 6.07) is 27.3. The number of hydrogen-bond donors (Lipinski definition) is 1. The lowest BCUT2D eigenvalue weighted by molar-refractivity contribution is -0.141. The van der Waals surface area contributed by atoms with Crippen LogP contribution in [0.3, 0.4) is 0 Å². The Kier molecular flexibility index (Phi) is 11.5. The molecular weight excluding hydrogens is 503 g/mol. The number of phosphoric acid groups is 1. The molecule has 10 heteroatoms. The molecule has 0 heterocycles. The van der Waals surface area contributed by atoms with E-state index in [2.05, 4.69) is 0 Å². The Morgan fingerprint density at radius 2 is 1.19 bits per heavy atom. The Hall–Kier alpha value is -2.65. The second-order valence-corrected chi connectivity index (χ2v) is 11.0. The minimum atomic E-state index is -4.07. The van der Waals surface area contributed by atoms with E-state index in [9.17, 15) is 18.7 Å². The van der Waals surface area contributed by atoms with Gasteiger partial charge in [0.15, 0.2) is 0 Å². The molecule has 0 aliphatic rings. The molecule has 0 saturated heterocycles. The van der Waals surface area contributed by atoms with Crippen LogP contribution in [0.5, 0.6) is 0 Å². The van der Waals surface area contributed by atoms with Gasteiger partial charge in [0.25, 0.3) is 0 Å². The molecule has 1 unspecified atom stereocenters. The van der Waals surface area contributed by atoms with Crippen LogP contribution in [0.15, 0.2) is 91.0 Å². The van der Waals surface area contributed by atoms with Crippen LogP contribution in [-0.4, -0.2) is 39.5 Å². The summed E-state index contributed by atoms with van der Waals surface area (Å²) in [5.41, 5.74) is 2.34. The maximum Gasteiger partial charge on any atom is 0.475 e. The summed E-state index contributed by atoms with van der Waals surface area (Å²) in [4.78, 5) is 12.0. The zero-order valence-corrected chi connectivity index (χ0v) is 21.4. The lowest BCUT2D eigenvalue weighted by Crippen LogP contribution is -2.26. The van der Waals surface area contributed by atoms with Gasteiger partial charge in [-0.1, -0.05) is 91.0 Å². The first-order valence-electron chi connectivity index (χ1n) is 11.3. The predicted octanol–water partition coefficient (Wildman–Crippen LogP) is 4.40. The molecule has 1 N–H and O–H groups in total. The largest absolute Gasteiger partial charge is 0.475 e. The fraction of sp³-hybridized carbons (Fsp3) is 0.269. The van der Waals surface area contributed by atoms with Gasteiger partial charge in [0, 0.05) is 10.8 Å². The maximum absolute atomic E-state index is 13.2. The Labute approximate surface area is 213 Å². The van der Waals surface area contributed by atoms with Gasteiger partial charge in [-0.3, -0.25) is 22.6 Å². The van der Waals surface area contributed by atoms with Gasteiger partial charge in [0.1, 0.15) is 12.4 Å². The van der Waals surface area contributed by atoms with E-state index >= 15 is 0 Å². The van der Waals surface area contributed by atoms with E-state index in [1.165, 1.54) is 0 Å². The van der Waals surface area contributed by atoms with Gasteiger partial charge in [-0.05, 0) is 16.7 Å². The fourth-order valence-electron chi connectivity index (χ4n) is 2.98. The first-order chi connectivity index (χ1) is 17.4. The molecule has 0 bridgehead atoms. The summed E-state index contributed by atoms with van der Waals surface area (Å²) in [5.74, 6) is -1.29. The van der Waals surface area contributed by atoms with Crippen molar-refractivity contribution < 1.29 is 37.0 Å². The van der Waals surface area contributed by atoms with Gasteiger partial charge in [-0.15, -0.1) is 0 Å². The van der Waals surface area contributed by atoms with Gasteiger partial charge in [-0.25, -0.2) is 4.57 Å². The van der Waals surface area contributed by atoms with Gasteiger partial charge >= 0.3 is 13.8 Å². The van der Waals surface area contributed by atoms with Crippen molar-refractivity contribution in [3.63, 3.8) is 0 Å². The molecule has 8 nitrogen and oxygen atoms in total. The van der Waals surface area contributed by atoms with Gasteiger partial charge in [0.2, 0.25) is 0 Å². The Morgan fingerprint density at radius 1 is 0.750 bits per heavy atom. The van der Waals surface area contributed by atoms with E-state index in [4.69, 9.17) is 18.3 Å². The summed E-state index contributed by atoms with van der Waals surface area (Å²) in [7, 11) is -5.78. The molecular formula is C26H29O8PS. The first-order valence-corrected chi connectivity index (χ1v) is 14.2. The van der Waals surface area contributed by atoms with Crippen molar-refractivity contribution in [2.24, 2.45) is 0 Å². The van der Waals surface area contributed by atoms with Crippen LogP contribution in [0.4, 0.5) is 0 Å². The summed E-state index contributed by atoms with van der Waals surface area (Å²) >= 11 is 0. The highest BCUT2D eigenvalue weighted by molar-refractivity contribution is 7.85. The van der Waals surface area contributed by atoms with Crippen LogP contribution in [0.25, 0.3) is 0 Å². The van der Waals surface area contributed by atoms with Crippen LogP contribution < -0.4 is 0 Å². The predicted molar refractivity (Wildman–Crippen MR) is 136 cm³/mol. The van der Waals surface area contributed by atoms with E-state index in [0.29, 0.717) is 0 Å². The molecule has 2 atom stereocenters. The monoisotopic (exact) mass is 532 g/mol. The molecule has 3 rings (SSSR count). The third-order valence-electron chi connectivity index (χ3n) is 4.79. The summed E-state index contributed by atoms with van der Waals surface area (Å²) in [6.45, 7) is -0.431. The molecule has 36 heavy (non-hydrogen) atoms. The van der Waals surface area contributed by atoms with E-state index in [1.807, 2.05) is 66.7 Å². The summed E-state index contributed by atoms with van der Waals surface area (Å²) in [6.07, 6.45) is -1.26. The number of esters is 1. The molecule has 0 radical (unpaired) electrons. The van der Waals surface area contributed by atoms with Crippen molar-refractivity contribution in [3.05, 3.63) is 108 Å². The van der Waals surface area contributed by atoms with Crippen molar-refractivity contribution in [3.8, 4) is 0 Å². The third-order valence-corrected chi connectivity index (χ3v) is 7.46. The number of phosphoric ester groups is 1. The van der Waals surface area contributed by atoms with E-state index < -0.39 is 37.3 Å². The molecule has 3 aromatic carbocycles. The first kappa shape index (κ1) is 27.9. The Bertz CT molecular complexity index is 1080. The number of hydrogen-bond acceptors (Lipinski definition) is 8. The zero-order chi connectivity index (χ0) is 25.6. The summed E-state index contributed by atoms with van der Waals surface area (Å²) < 4.78 is 46.9. The van der Waals surface area contributed by atoms with Crippen molar-refractivity contribution in [1.29, 1.82) is 0 Å². The Morgan fingerprint density at radius 3 is 1.67 bits per heavy atom. The number of rotatable bonds is 15. The van der Waals surface area contributed by atoms with E-state index in [0.717, 1.165) is 16.7 Å². The average Bonchev–Trinajstić information content (AvgIpc) is 2.90. The topological polar surface area (TPSA) is 108 Å². The highest BCUT2D eigenvalue weighted by Crippen LogP contribution is 2.51. The number of aliphatic hydroxyl groups excluding tert-OH is 1. The van der Waals surface area contributed by atoms with Gasteiger partial charge in [-0.2, -0.15) is 0 Å². The average molecular weight is 533 g/mol. The van der Waals surface area contributed by atoms with Crippen molar-refractivity contribution in [2.75, 3.05) is 18.1 Å². The van der Waals surface area contributed by atoms with Crippen molar-refractivity contribution in [2.45, 2.75) is 25.9 Å². The molecule has 192 valence electrons. The maximum atomic E-state index is 13.2. The fourth-order valence-corrected chi connectivity index (χ4v) is 5.16. The lowest BCUT2D eigenvalue weighted by Gasteiger charge is -2.20. The van der Waals surface area contributed by atoms with Crippen molar-refractivity contribution >= 4 is 24.6 Å². The minimum Gasteiger partial charge on any atom is -0.460 e. The molecule has 0 fully saturated rings. The normalized spacial score (nSPS) is 13.1. The second-order valence-electron chi connectivity index (χ2n) is 7.81. The highest BCUT2D eigenvalue weighted by atomic mass is 32.2. The highest BCUT2D eigenvalue weighted by Gasteiger charge is 2.29. The molecule has 0 saturated carbocycles. The van der Waals surface area contributed by atoms with Crippen LogP contribution >= 0.6 is 7.82 Å². The van der Waals surface area contributed by atoms with Crippen LogP contribution in [0.1, 0.15) is 16.7 Å². The van der Waals surface area contributed by atoms with Crippen molar-refractivity contribution in [1.82, 2.24) is 0 Å². The number of ether oxygens (including phenoxy) is 1. The quantitative estimate of drug-likeness (QED) is 0.227. The lowest BCUT2D eigenvalue weighted by atomic mass is 10.2. The number of carbonyl (C=O) groups excluding carboxylic acids is 1. The standard InChI is InChI=1S/C26H29O8PS/c27-25(20-36(30)21-26(28)31-16-22-10-4-1-5-11-22)19-34-35(29,32-17-23-12-6-2-7-13-23)33-18-24-14-8-3-9-15-24/h1-15,25,27H,16-21H2/t25-,36?/m1/s1. The number of benzene rings is 3. The summed E-state index contributed by atoms with van der Waals surface area (Å²) in [5, 5.41) is 10.3. The smallest absolute Gasteiger partial charge is 0.460 e. The third kappa shape index (κ3) is 10.5. The van der Waals surface area contributed by atoms with Crippen LogP contribution in [0.2, 0.25) is 0 Å². The zero-order valence-electron chi connectivity index (χ0n) is 19.6. The number of aliphatic hydroxyl groups is 1. The molecule has 0 aromatic heterocycles. The number of carbonyl (C=O) groups is 1. The van der Waals surface area contributed by atoms with Crippen LogP contribution in [-0.2, 0) is 58.3 Å². The van der Waals surface area contributed by atoms with Crippen LogP contribution in [0, 0.1) is 0 Å². The second kappa shape index (κ2) is 14.8. The van der Waals surface area contributed by atoms with E-state index in [-0.39, 0.29) is 31.3 Å². The van der Waals surface area contributed by atoms with E-state index in [1.54, 1.807) is 24.3 Å². The molecule has 3 aromatic rings. The molecule has 0 spiro atoms. The molecule has 0 aliphatic heterocycles. The molecule has 0 aliphatic carbocycles. The van der Waals surface area contributed by atoms with Gasteiger partial charge < -0.3 is 9.84 Å². The molecule has 0 amide bonds. The minimum absolute atomic E-state index is 0.0256. The SMILES string of the molecule is O=C(CS(=O)C[C@H](O)COP(=O)(OCc1ccccc1)OCc1ccccc1)OCc1ccccc1. The Balaban J connectivity index is 1.47.